The number of benzene rings is 3. The highest BCUT2D eigenvalue weighted by Crippen LogP contribution is 2.36. The zero-order valence-corrected chi connectivity index (χ0v) is 32.6. The van der Waals surface area contributed by atoms with Crippen LogP contribution in [0.25, 0.3) is 11.1 Å². The number of pyridine rings is 1. The first kappa shape index (κ1) is 40.7. The van der Waals surface area contributed by atoms with Crippen LogP contribution in [0.1, 0.15) is 40.7 Å². The monoisotopic (exact) mass is 776 g/mol. The average Bonchev–Trinajstić information content (AvgIpc) is 3.57. The lowest BCUT2D eigenvalue weighted by Gasteiger charge is -2.19. The molecule has 0 aliphatic carbocycles. The number of aromatic nitrogens is 1. The summed E-state index contributed by atoms with van der Waals surface area (Å²) in [5.41, 5.74) is 6.61. The maximum Gasteiger partial charge on any atom is 0.243 e. The number of aliphatic hydroxyl groups excluding tert-OH is 1. The molecule has 1 amide bonds. The molecule has 0 bridgehead atoms. The Balaban J connectivity index is 1.29. The fraction of sp³-hybridized carbons (Fsp3) is 0.366. The summed E-state index contributed by atoms with van der Waals surface area (Å²) in [7, 11) is -3.44. The molecule has 3 N–H and O–H groups in total. The molecular weight excluding hydrogens is 728 g/mol. The quantitative estimate of drug-likeness (QED) is 0.0791. The van der Waals surface area contributed by atoms with Gasteiger partial charge in [-0.05, 0) is 78.8 Å². The van der Waals surface area contributed by atoms with E-state index in [9.17, 15) is 18.3 Å². The third-order valence-electron chi connectivity index (χ3n) is 9.34. The number of aliphatic hydroxyl groups is 1. The summed E-state index contributed by atoms with van der Waals surface area (Å²) < 4.78 is 43.0. The van der Waals surface area contributed by atoms with Gasteiger partial charge in [-0.2, -0.15) is 0 Å². The highest BCUT2D eigenvalue weighted by atomic mass is 35.5. The maximum atomic E-state index is 12.1. The molecular formula is C41H49ClN4O7S. The van der Waals surface area contributed by atoms with E-state index in [1.54, 1.807) is 18.3 Å². The summed E-state index contributed by atoms with van der Waals surface area (Å²) in [6, 6.07) is 17.3. The van der Waals surface area contributed by atoms with Crippen molar-refractivity contribution in [1.29, 1.82) is 0 Å². The zero-order chi connectivity index (χ0) is 38.7. The standard InChI is InChI=1S/C41H49ClN4O7S/c1-5-41(48)45-15-14-43-23-32-20-37(42)40(21-39(32)52-26-30-19-34(24-44-22-30)54(4,49)50)53-27-31-9-6-10-35(28(31)2)36-11-7-12-38(29(36)3)51-18-8-16-46-17-13-33(47)25-46/h5-7,9-12,19-22,24,33,43,47H,1,8,13-18,23,25-27H2,2-4H3,(H,45,48). The number of nitrogens with one attached hydrogen (secondary N) is 2. The molecule has 1 atom stereocenters. The summed E-state index contributed by atoms with van der Waals surface area (Å²) in [5.74, 6) is 1.52. The summed E-state index contributed by atoms with van der Waals surface area (Å²) in [5, 5.41) is 16.2. The molecule has 1 aliphatic rings. The van der Waals surface area contributed by atoms with Crippen LogP contribution >= 0.6 is 11.6 Å². The van der Waals surface area contributed by atoms with Gasteiger partial charge in [0.1, 0.15) is 30.5 Å². The van der Waals surface area contributed by atoms with Crippen LogP contribution in [-0.2, 0) is 34.4 Å². The second-order valence-electron chi connectivity index (χ2n) is 13.4. The van der Waals surface area contributed by atoms with Crippen molar-refractivity contribution in [2.75, 3.05) is 45.6 Å². The Labute approximate surface area is 323 Å². The minimum atomic E-state index is -3.44. The number of β-amino-alcohol motifs (C(OH)–C–C–N with tert-alkyl or cyclic N) is 1. The van der Waals surface area contributed by atoms with Crippen molar-refractivity contribution in [3.05, 3.63) is 112 Å². The van der Waals surface area contributed by atoms with Crippen molar-refractivity contribution in [2.24, 2.45) is 0 Å². The molecule has 0 saturated carbocycles. The molecule has 1 unspecified atom stereocenters. The summed E-state index contributed by atoms with van der Waals surface area (Å²) in [6.07, 6.45) is 6.73. The molecule has 1 saturated heterocycles. The van der Waals surface area contributed by atoms with Crippen LogP contribution in [0.3, 0.4) is 0 Å². The molecule has 13 heteroatoms. The Hall–Kier alpha value is -4.46. The lowest BCUT2D eigenvalue weighted by atomic mass is 9.93. The van der Waals surface area contributed by atoms with Gasteiger partial charge >= 0.3 is 0 Å². The number of nitrogens with zero attached hydrogens (tertiary/aromatic N) is 2. The lowest BCUT2D eigenvalue weighted by molar-refractivity contribution is -0.116. The predicted octanol–water partition coefficient (Wildman–Crippen LogP) is 5.81. The van der Waals surface area contributed by atoms with Gasteiger partial charge in [-0.15, -0.1) is 0 Å². The Morgan fingerprint density at radius 2 is 1.74 bits per heavy atom. The largest absolute Gasteiger partial charge is 0.493 e. The number of carbonyl (C=O) groups excluding carboxylic acids is 1. The number of hydrogen-bond donors (Lipinski definition) is 3. The van der Waals surface area contributed by atoms with Crippen LogP contribution in [0.2, 0.25) is 5.02 Å². The van der Waals surface area contributed by atoms with E-state index >= 15 is 0 Å². The highest BCUT2D eigenvalue weighted by Gasteiger charge is 2.20. The van der Waals surface area contributed by atoms with Gasteiger partial charge in [0.05, 0.1) is 22.6 Å². The van der Waals surface area contributed by atoms with E-state index < -0.39 is 9.84 Å². The van der Waals surface area contributed by atoms with Crippen molar-refractivity contribution in [2.45, 2.75) is 57.4 Å². The maximum absolute atomic E-state index is 12.1. The number of likely N-dealkylation sites (tertiary alicyclic amines) is 1. The molecule has 1 aromatic heterocycles. The Kier molecular flexibility index (Phi) is 14.5. The number of carbonyl (C=O) groups is 1. The van der Waals surface area contributed by atoms with Crippen molar-refractivity contribution in [3.63, 3.8) is 0 Å². The van der Waals surface area contributed by atoms with Crippen LogP contribution in [-0.4, -0.2) is 81.0 Å². The second-order valence-corrected chi connectivity index (χ2v) is 15.8. The van der Waals surface area contributed by atoms with Crippen molar-refractivity contribution < 1.29 is 32.5 Å². The molecule has 288 valence electrons. The molecule has 1 fully saturated rings. The Morgan fingerprint density at radius 1 is 0.981 bits per heavy atom. The van der Waals surface area contributed by atoms with Gasteiger partial charge in [0, 0.05) is 75.1 Å². The van der Waals surface area contributed by atoms with Gasteiger partial charge in [0.2, 0.25) is 5.91 Å². The molecule has 1 aliphatic heterocycles. The van der Waals surface area contributed by atoms with Gasteiger partial charge in [-0.25, -0.2) is 8.42 Å². The first-order valence-electron chi connectivity index (χ1n) is 18.0. The van der Waals surface area contributed by atoms with Crippen LogP contribution in [0.15, 0.2) is 84.5 Å². The van der Waals surface area contributed by atoms with E-state index in [0.29, 0.717) is 48.3 Å². The molecule has 2 heterocycles. The van der Waals surface area contributed by atoms with Crippen molar-refractivity contribution in [3.8, 4) is 28.4 Å². The molecule has 0 radical (unpaired) electrons. The van der Waals surface area contributed by atoms with Crippen LogP contribution < -0.4 is 24.8 Å². The number of amides is 1. The Bertz CT molecular complexity index is 2040. The van der Waals surface area contributed by atoms with Crippen LogP contribution in [0, 0.1) is 13.8 Å². The fourth-order valence-corrected chi connectivity index (χ4v) is 7.13. The average molecular weight is 777 g/mol. The van der Waals surface area contributed by atoms with Crippen LogP contribution in [0.4, 0.5) is 0 Å². The highest BCUT2D eigenvalue weighted by molar-refractivity contribution is 7.90. The smallest absolute Gasteiger partial charge is 0.243 e. The number of ether oxygens (including phenoxy) is 3. The summed E-state index contributed by atoms with van der Waals surface area (Å²) in [6.45, 7) is 12.4. The van der Waals surface area contributed by atoms with Crippen molar-refractivity contribution in [1.82, 2.24) is 20.5 Å². The van der Waals surface area contributed by atoms with Gasteiger partial charge < -0.3 is 34.9 Å². The third-order valence-corrected chi connectivity index (χ3v) is 10.7. The number of halogens is 1. The summed E-state index contributed by atoms with van der Waals surface area (Å²) >= 11 is 6.78. The van der Waals surface area contributed by atoms with E-state index in [-0.39, 0.29) is 30.1 Å². The van der Waals surface area contributed by atoms with E-state index in [2.05, 4.69) is 53.1 Å². The number of hydrogen-bond acceptors (Lipinski definition) is 10. The van der Waals surface area contributed by atoms with E-state index in [1.165, 1.54) is 18.3 Å². The minimum Gasteiger partial charge on any atom is -0.493 e. The number of sulfone groups is 1. The molecule has 5 rings (SSSR count). The third kappa shape index (κ3) is 11.3. The molecule has 4 aromatic rings. The predicted molar refractivity (Wildman–Crippen MR) is 211 cm³/mol. The van der Waals surface area contributed by atoms with Crippen molar-refractivity contribution >= 4 is 27.3 Å². The van der Waals surface area contributed by atoms with Gasteiger partial charge in [0.25, 0.3) is 0 Å². The second kappa shape index (κ2) is 19.2. The number of rotatable bonds is 19. The normalized spacial score (nSPS) is 14.5. The van der Waals surface area contributed by atoms with Gasteiger partial charge in [0.15, 0.2) is 9.84 Å². The first-order valence-corrected chi connectivity index (χ1v) is 20.2. The zero-order valence-electron chi connectivity index (χ0n) is 31.1. The fourth-order valence-electron chi connectivity index (χ4n) is 6.27. The topological polar surface area (TPSA) is 139 Å². The minimum absolute atomic E-state index is 0.0612. The molecule has 0 spiro atoms. The first-order chi connectivity index (χ1) is 25.9. The van der Waals surface area contributed by atoms with Gasteiger partial charge in [-0.1, -0.05) is 48.5 Å². The molecule has 11 nitrogen and oxygen atoms in total. The van der Waals surface area contributed by atoms with E-state index in [1.807, 2.05) is 24.3 Å². The van der Waals surface area contributed by atoms with E-state index in [4.69, 9.17) is 25.8 Å². The SMILES string of the molecule is C=CC(=O)NCCNCc1cc(Cl)c(OCc2cccc(-c3cccc(OCCCN4CCC(O)C4)c3C)c2C)cc1OCc1cncc(S(C)(=O)=O)c1. The lowest BCUT2D eigenvalue weighted by Crippen LogP contribution is -2.30. The molecule has 54 heavy (non-hydrogen) atoms. The van der Waals surface area contributed by atoms with Crippen LogP contribution in [0.5, 0.6) is 17.2 Å². The van der Waals surface area contributed by atoms with E-state index in [0.717, 1.165) is 77.9 Å². The summed E-state index contributed by atoms with van der Waals surface area (Å²) in [4.78, 5) is 18.0. The van der Waals surface area contributed by atoms with Gasteiger partial charge in [-0.3, -0.25) is 9.78 Å². The molecule has 3 aromatic carbocycles. The Morgan fingerprint density at radius 3 is 2.48 bits per heavy atom.